The lowest BCUT2D eigenvalue weighted by Crippen LogP contribution is -2.23. The smallest absolute Gasteiger partial charge is 0.251 e. The van der Waals surface area contributed by atoms with Gasteiger partial charge in [-0.05, 0) is 72.9 Å². The van der Waals surface area contributed by atoms with Crippen LogP contribution in [0.3, 0.4) is 0 Å². The molecule has 6 rings (SSSR count). The zero-order valence-corrected chi connectivity index (χ0v) is 20.3. The van der Waals surface area contributed by atoms with E-state index in [0.29, 0.717) is 18.5 Å². The number of nitrogens with zero attached hydrogens (tertiary/aromatic N) is 4. The summed E-state index contributed by atoms with van der Waals surface area (Å²) < 4.78 is 0. The molecular formula is C29H28N6O. The van der Waals surface area contributed by atoms with Gasteiger partial charge in [-0.1, -0.05) is 6.07 Å². The number of aromatic nitrogens is 4. The van der Waals surface area contributed by atoms with Gasteiger partial charge in [-0.2, -0.15) is 0 Å². The second-order valence-electron chi connectivity index (χ2n) is 9.52. The number of carbonyl (C=O) groups excluding carboxylic acids is 1. The third-order valence-electron chi connectivity index (χ3n) is 6.91. The average Bonchev–Trinajstić information content (AvgIpc) is 3.57. The predicted molar refractivity (Wildman–Crippen MR) is 142 cm³/mol. The maximum absolute atomic E-state index is 12.9. The highest BCUT2D eigenvalue weighted by Gasteiger charge is 2.14. The van der Waals surface area contributed by atoms with E-state index in [4.69, 9.17) is 0 Å². The normalized spacial score (nSPS) is 13.5. The van der Waals surface area contributed by atoms with E-state index in [1.807, 2.05) is 25.4 Å². The zero-order valence-electron chi connectivity index (χ0n) is 20.3. The molecule has 0 bridgehead atoms. The topological polar surface area (TPSA) is 86.8 Å². The lowest BCUT2D eigenvalue weighted by molar-refractivity contribution is 0.0950. The van der Waals surface area contributed by atoms with Crippen LogP contribution >= 0.6 is 0 Å². The van der Waals surface area contributed by atoms with Crippen LogP contribution in [-0.4, -0.2) is 38.9 Å². The summed E-state index contributed by atoms with van der Waals surface area (Å²) in [5, 5.41) is 5.22. The van der Waals surface area contributed by atoms with Crippen LogP contribution in [0.15, 0.2) is 67.3 Å². The molecule has 1 aromatic carbocycles. The zero-order chi connectivity index (χ0) is 24.5. The first kappa shape index (κ1) is 22.2. The molecule has 1 fully saturated rings. The summed E-state index contributed by atoms with van der Waals surface area (Å²) in [5.74, 6) is -0.123. The number of nitrogens with one attached hydrogen (secondary N) is 2. The van der Waals surface area contributed by atoms with Gasteiger partial charge in [0.05, 0.1) is 17.4 Å². The van der Waals surface area contributed by atoms with E-state index in [1.54, 1.807) is 18.5 Å². The molecule has 0 spiro atoms. The van der Waals surface area contributed by atoms with Crippen molar-refractivity contribution in [2.45, 2.75) is 32.7 Å². The van der Waals surface area contributed by atoms with Gasteiger partial charge in [-0.15, -0.1) is 0 Å². The number of aryl methyl sites for hydroxylation is 1. The fourth-order valence-corrected chi connectivity index (χ4v) is 4.91. The van der Waals surface area contributed by atoms with Crippen molar-refractivity contribution >= 4 is 33.5 Å². The van der Waals surface area contributed by atoms with Crippen LogP contribution in [0.2, 0.25) is 0 Å². The minimum Gasteiger partial charge on any atom is -0.370 e. The number of fused-ring (bicyclic) bond motifs is 2. The minimum absolute atomic E-state index is 0.123. The van der Waals surface area contributed by atoms with E-state index in [1.165, 1.54) is 18.5 Å². The second kappa shape index (κ2) is 9.41. The Labute approximate surface area is 209 Å². The number of amides is 1. The number of hydrogen-bond donors (Lipinski definition) is 2. The van der Waals surface area contributed by atoms with Crippen LogP contribution in [0.25, 0.3) is 21.9 Å². The Hall–Kier alpha value is -4.26. The number of benzene rings is 1. The van der Waals surface area contributed by atoms with Crippen molar-refractivity contribution in [3.05, 3.63) is 95.2 Å². The van der Waals surface area contributed by atoms with Crippen LogP contribution in [0.1, 0.15) is 45.6 Å². The summed E-state index contributed by atoms with van der Waals surface area (Å²) in [6, 6.07) is 14.3. The standard InChI is InChI=1S/C29H28N6O/c1-19-15-32-28-26(19)12-21(16-33-28)17-34-29(36)22-6-7-30-24(13-22)11-20-4-5-27-23(10-20)14-25(18-31-27)35-8-2-3-9-35/h4-7,10,12-16,18H,2-3,8-9,11,17H2,1H3,(H,32,33)(H,34,36). The summed E-state index contributed by atoms with van der Waals surface area (Å²) in [4.78, 5) is 32.0. The number of H-pyrrole nitrogens is 1. The molecule has 1 aliphatic rings. The van der Waals surface area contributed by atoms with Crippen molar-refractivity contribution in [2.24, 2.45) is 0 Å². The Balaban J connectivity index is 1.15. The van der Waals surface area contributed by atoms with E-state index in [9.17, 15) is 4.79 Å². The van der Waals surface area contributed by atoms with Crippen LogP contribution in [-0.2, 0) is 13.0 Å². The molecule has 5 aromatic rings. The molecule has 0 aliphatic carbocycles. The van der Waals surface area contributed by atoms with Crippen molar-refractivity contribution in [2.75, 3.05) is 18.0 Å². The number of carbonyl (C=O) groups is 1. The molecule has 4 aromatic heterocycles. The summed E-state index contributed by atoms with van der Waals surface area (Å²) in [6.07, 6.45) is 10.5. The molecule has 0 unspecified atom stereocenters. The predicted octanol–water partition coefficient (Wildman–Crippen LogP) is 4.94. The quantitative estimate of drug-likeness (QED) is 0.363. The molecule has 7 nitrogen and oxygen atoms in total. The number of rotatable bonds is 6. The van der Waals surface area contributed by atoms with Gasteiger partial charge >= 0.3 is 0 Å². The summed E-state index contributed by atoms with van der Waals surface area (Å²) in [6.45, 7) is 4.66. The van der Waals surface area contributed by atoms with Crippen molar-refractivity contribution in [1.82, 2.24) is 25.3 Å². The lowest BCUT2D eigenvalue weighted by Gasteiger charge is -2.17. The SMILES string of the molecule is Cc1c[nH]c2ncc(CNC(=O)c3ccnc(Cc4ccc5ncc(N6CCCC6)cc5c4)c3)cc12. The lowest BCUT2D eigenvalue weighted by atomic mass is 10.0. The first-order chi connectivity index (χ1) is 17.6. The van der Waals surface area contributed by atoms with E-state index in [0.717, 1.165) is 57.4 Å². The van der Waals surface area contributed by atoms with Crippen LogP contribution in [0.4, 0.5) is 5.69 Å². The van der Waals surface area contributed by atoms with Gasteiger partial charge in [0.2, 0.25) is 0 Å². The minimum atomic E-state index is -0.123. The molecule has 1 saturated heterocycles. The molecule has 2 N–H and O–H groups in total. The van der Waals surface area contributed by atoms with Gasteiger partial charge in [0.25, 0.3) is 5.91 Å². The first-order valence-electron chi connectivity index (χ1n) is 12.4. The van der Waals surface area contributed by atoms with Crippen molar-refractivity contribution in [3.63, 3.8) is 0 Å². The van der Waals surface area contributed by atoms with E-state index in [2.05, 4.69) is 60.5 Å². The molecule has 7 heteroatoms. The highest BCUT2D eigenvalue weighted by atomic mass is 16.1. The molecule has 0 radical (unpaired) electrons. The van der Waals surface area contributed by atoms with Crippen molar-refractivity contribution < 1.29 is 4.79 Å². The van der Waals surface area contributed by atoms with E-state index in [-0.39, 0.29) is 5.91 Å². The van der Waals surface area contributed by atoms with Crippen molar-refractivity contribution in [1.29, 1.82) is 0 Å². The average molecular weight is 477 g/mol. The molecule has 0 saturated carbocycles. The Bertz CT molecular complexity index is 1570. The Morgan fingerprint density at radius 2 is 1.89 bits per heavy atom. The van der Waals surface area contributed by atoms with Gasteiger partial charge in [-0.3, -0.25) is 14.8 Å². The highest BCUT2D eigenvalue weighted by molar-refractivity contribution is 5.94. The highest BCUT2D eigenvalue weighted by Crippen LogP contribution is 2.25. The third kappa shape index (κ3) is 4.52. The van der Waals surface area contributed by atoms with Gasteiger partial charge in [0.15, 0.2) is 0 Å². The summed E-state index contributed by atoms with van der Waals surface area (Å²) >= 11 is 0. The van der Waals surface area contributed by atoms with Gasteiger partial charge in [-0.25, -0.2) is 4.98 Å². The Morgan fingerprint density at radius 3 is 2.78 bits per heavy atom. The van der Waals surface area contributed by atoms with Crippen LogP contribution in [0, 0.1) is 6.92 Å². The van der Waals surface area contributed by atoms with Crippen molar-refractivity contribution in [3.8, 4) is 0 Å². The van der Waals surface area contributed by atoms with Gasteiger partial charge in [0, 0.05) is 66.7 Å². The summed E-state index contributed by atoms with van der Waals surface area (Å²) in [7, 11) is 0. The van der Waals surface area contributed by atoms with E-state index >= 15 is 0 Å². The molecular weight excluding hydrogens is 448 g/mol. The molecule has 0 atom stereocenters. The molecule has 36 heavy (non-hydrogen) atoms. The fraction of sp³-hybridized carbons (Fsp3) is 0.241. The third-order valence-corrected chi connectivity index (χ3v) is 6.91. The van der Waals surface area contributed by atoms with Gasteiger partial charge < -0.3 is 15.2 Å². The number of anilines is 1. The fourth-order valence-electron chi connectivity index (χ4n) is 4.91. The molecule has 5 heterocycles. The monoisotopic (exact) mass is 476 g/mol. The number of pyridine rings is 3. The number of hydrogen-bond acceptors (Lipinski definition) is 5. The van der Waals surface area contributed by atoms with Crippen LogP contribution < -0.4 is 10.2 Å². The maximum atomic E-state index is 12.9. The van der Waals surface area contributed by atoms with Gasteiger partial charge in [0.1, 0.15) is 5.65 Å². The Morgan fingerprint density at radius 1 is 1.00 bits per heavy atom. The Kier molecular flexibility index (Phi) is 5.81. The number of aromatic amines is 1. The second-order valence-corrected chi connectivity index (χ2v) is 9.52. The maximum Gasteiger partial charge on any atom is 0.251 e. The molecule has 1 aliphatic heterocycles. The molecule has 180 valence electrons. The van der Waals surface area contributed by atoms with E-state index < -0.39 is 0 Å². The largest absolute Gasteiger partial charge is 0.370 e. The van der Waals surface area contributed by atoms with Crippen LogP contribution in [0.5, 0.6) is 0 Å². The molecule has 1 amide bonds. The first-order valence-corrected chi connectivity index (χ1v) is 12.4. The summed E-state index contributed by atoms with van der Waals surface area (Å²) in [5.41, 5.74) is 7.75.